The average molecular weight is 197 g/mol. The molecular weight excluding hydrogens is 174 g/mol. The van der Waals surface area contributed by atoms with Gasteiger partial charge in [0.2, 0.25) is 0 Å². The van der Waals surface area contributed by atoms with Crippen molar-refractivity contribution < 1.29 is 0 Å². The van der Waals surface area contributed by atoms with Crippen LogP contribution in [0.25, 0.3) is 0 Å². The van der Waals surface area contributed by atoms with E-state index < -0.39 is 0 Å². The minimum absolute atomic E-state index is 0.119. The molecule has 1 unspecified atom stereocenters. The van der Waals surface area contributed by atoms with Crippen LogP contribution in [0.5, 0.6) is 0 Å². The Balaban J connectivity index is 2.80. The molecule has 1 heterocycles. The molecule has 0 radical (unpaired) electrons. The fraction of sp³-hybridized carbons (Fsp3) is 0.909. The first-order chi connectivity index (χ1) is 6.38. The third-order valence-electron chi connectivity index (χ3n) is 3.25. The van der Waals surface area contributed by atoms with Gasteiger partial charge in [0.25, 0.3) is 0 Å². The fourth-order valence-electron chi connectivity index (χ4n) is 1.83. The molecule has 0 amide bonds. The molecule has 14 heavy (non-hydrogen) atoms. The summed E-state index contributed by atoms with van der Waals surface area (Å²) in [5.41, 5.74) is 6.04. The number of aliphatic imine (C=N–C) groups is 1. The summed E-state index contributed by atoms with van der Waals surface area (Å²) in [6, 6.07) is 0. The molecule has 2 N–H and O–H groups in total. The van der Waals surface area contributed by atoms with Crippen LogP contribution >= 0.6 is 0 Å². The van der Waals surface area contributed by atoms with Crippen LogP contribution in [0.3, 0.4) is 0 Å². The van der Waals surface area contributed by atoms with Crippen LogP contribution in [0.4, 0.5) is 0 Å². The summed E-state index contributed by atoms with van der Waals surface area (Å²) in [6.07, 6.45) is 0. The molecule has 0 spiro atoms. The lowest BCUT2D eigenvalue weighted by atomic mass is 9.87. The highest BCUT2D eigenvalue weighted by atomic mass is 15.4. The fourth-order valence-corrected chi connectivity index (χ4v) is 1.83. The maximum atomic E-state index is 5.92. The van der Waals surface area contributed by atoms with Gasteiger partial charge in [0.05, 0.1) is 12.1 Å². The van der Waals surface area contributed by atoms with Crippen LogP contribution in [0.1, 0.15) is 34.6 Å². The molecule has 1 atom stereocenters. The lowest BCUT2D eigenvalue weighted by Gasteiger charge is -2.40. The molecule has 82 valence electrons. The molecule has 0 bridgehead atoms. The summed E-state index contributed by atoms with van der Waals surface area (Å²) in [7, 11) is 0. The van der Waals surface area contributed by atoms with E-state index in [1.807, 2.05) is 0 Å². The molecule has 1 rings (SSSR count). The standard InChI is InChI=1S/C11H23N3/c1-8(2)6-14-10(12)13-7-11(14,5)9(3)4/h8-9H,6-7H2,1-5H3,(H2,12,13). The minimum Gasteiger partial charge on any atom is -0.370 e. The zero-order chi connectivity index (χ0) is 10.9. The van der Waals surface area contributed by atoms with Gasteiger partial charge < -0.3 is 10.6 Å². The van der Waals surface area contributed by atoms with Crippen molar-refractivity contribution in [2.24, 2.45) is 22.6 Å². The molecule has 1 aliphatic rings. The maximum Gasteiger partial charge on any atom is 0.191 e. The van der Waals surface area contributed by atoms with Gasteiger partial charge in [-0.1, -0.05) is 27.7 Å². The zero-order valence-electron chi connectivity index (χ0n) is 10.0. The minimum atomic E-state index is 0.119. The third-order valence-corrected chi connectivity index (χ3v) is 3.25. The predicted molar refractivity (Wildman–Crippen MR) is 61.3 cm³/mol. The van der Waals surface area contributed by atoms with Gasteiger partial charge in [-0.2, -0.15) is 0 Å². The molecule has 0 aliphatic carbocycles. The van der Waals surface area contributed by atoms with Crippen LogP contribution in [0, 0.1) is 11.8 Å². The summed E-state index contributed by atoms with van der Waals surface area (Å²) in [6.45, 7) is 13.0. The molecule has 1 aliphatic heterocycles. The van der Waals surface area contributed by atoms with E-state index in [2.05, 4.69) is 44.5 Å². The van der Waals surface area contributed by atoms with Gasteiger partial charge in [0.1, 0.15) is 0 Å². The Bertz CT molecular complexity index is 233. The van der Waals surface area contributed by atoms with Gasteiger partial charge in [-0.25, -0.2) is 0 Å². The molecule has 3 heteroatoms. The van der Waals surface area contributed by atoms with Crippen molar-refractivity contribution in [2.75, 3.05) is 13.1 Å². The van der Waals surface area contributed by atoms with E-state index in [9.17, 15) is 0 Å². The van der Waals surface area contributed by atoms with Gasteiger partial charge in [0.15, 0.2) is 5.96 Å². The molecule has 0 aromatic heterocycles. The van der Waals surface area contributed by atoms with E-state index in [1.54, 1.807) is 0 Å². The number of rotatable bonds is 3. The van der Waals surface area contributed by atoms with Crippen LogP contribution in [-0.4, -0.2) is 29.5 Å². The molecular formula is C11H23N3. The summed E-state index contributed by atoms with van der Waals surface area (Å²) in [5, 5.41) is 0. The second kappa shape index (κ2) is 3.79. The van der Waals surface area contributed by atoms with Crippen molar-refractivity contribution >= 4 is 5.96 Å². The Morgan fingerprint density at radius 2 is 2.00 bits per heavy atom. The second-order valence-electron chi connectivity index (χ2n) is 5.19. The van der Waals surface area contributed by atoms with Gasteiger partial charge in [-0.15, -0.1) is 0 Å². The lowest BCUT2D eigenvalue weighted by molar-refractivity contribution is 0.146. The topological polar surface area (TPSA) is 41.6 Å². The first kappa shape index (κ1) is 11.3. The Kier molecular flexibility index (Phi) is 3.07. The first-order valence-electron chi connectivity index (χ1n) is 5.45. The van der Waals surface area contributed by atoms with Crippen molar-refractivity contribution in [1.82, 2.24) is 4.90 Å². The highest BCUT2D eigenvalue weighted by Gasteiger charge is 2.40. The van der Waals surface area contributed by atoms with Gasteiger partial charge in [0, 0.05) is 6.54 Å². The molecule has 3 nitrogen and oxygen atoms in total. The van der Waals surface area contributed by atoms with Crippen molar-refractivity contribution in [1.29, 1.82) is 0 Å². The Morgan fingerprint density at radius 1 is 1.43 bits per heavy atom. The van der Waals surface area contributed by atoms with Crippen molar-refractivity contribution in [3.63, 3.8) is 0 Å². The molecule has 0 saturated carbocycles. The van der Waals surface area contributed by atoms with E-state index in [1.165, 1.54) is 0 Å². The first-order valence-corrected chi connectivity index (χ1v) is 5.45. The van der Waals surface area contributed by atoms with Crippen LogP contribution in [-0.2, 0) is 0 Å². The number of nitrogens with zero attached hydrogens (tertiary/aromatic N) is 2. The number of hydrogen-bond acceptors (Lipinski definition) is 3. The third kappa shape index (κ3) is 1.86. The van der Waals surface area contributed by atoms with E-state index >= 15 is 0 Å². The molecule has 0 aromatic rings. The highest BCUT2D eigenvalue weighted by molar-refractivity contribution is 5.81. The van der Waals surface area contributed by atoms with Crippen LogP contribution in [0.2, 0.25) is 0 Å². The van der Waals surface area contributed by atoms with Crippen molar-refractivity contribution in [3.05, 3.63) is 0 Å². The van der Waals surface area contributed by atoms with E-state index in [4.69, 9.17) is 5.73 Å². The van der Waals surface area contributed by atoms with Crippen LogP contribution < -0.4 is 5.73 Å². The monoisotopic (exact) mass is 197 g/mol. The molecule has 0 aromatic carbocycles. The number of guanidine groups is 1. The van der Waals surface area contributed by atoms with E-state index in [0.29, 0.717) is 11.8 Å². The molecule has 0 saturated heterocycles. The Hall–Kier alpha value is -0.730. The van der Waals surface area contributed by atoms with E-state index in [0.717, 1.165) is 19.0 Å². The summed E-state index contributed by atoms with van der Waals surface area (Å²) >= 11 is 0. The zero-order valence-corrected chi connectivity index (χ0v) is 10.0. The summed E-state index contributed by atoms with van der Waals surface area (Å²) < 4.78 is 0. The van der Waals surface area contributed by atoms with Gasteiger partial charge in [-0.3, -0.25) is 4.99 Å². The largest absolute Gasteiger partial charge is 0.370 e. The van der Waals surface area contributed by atoms with E-state index in [-0.39, 0.29) is 5.54 Å². The smallest absolute Gasteiger partial charge is 0.191 e. The second-order valence-corrected chi connectivity index (χ2v) is 5.19. The summed E-state index contributed by atoms with van der Waals surface area (Å²) in [4.78, 5) is 6.63. The Morgan fingerprint density at radius 3 is 2.43 bits per heavy atom. The predicted octanol–water partition coefficient (Wildman–Crippen LogP) is 1.69. The maximum absolute atomic E-state index is 5.92. The Labute approximate surface area is 87.4 Å². The van der Waals surface area contributed by atoms with Gasteiger partial charge >= 0.3 is 0 Å². The number of nitrogens with two attached hydrogens (primary N) is 1. The van der Waals surface area contributed by atoms with Crippen LogP contribution in [0.15, 0.2) is 4.99 Å². The highest BCUT2D eigenvalue weighted by Crippen LogP contribution is 2.29. The van der Waals surface area contributed by atoms with Gasteiger partial charge in [-0.05, 0) is 18.8 Å². The van der Waals surface area contributed by atoms with Crippen molar-refractivity contribution in [2.45, 2.75) is 40.2 Å². The molecule has 0 fully saturated rings. The average Bonchev–Trinajstić information content (AvgIpc) is 2.33. The normalized spacial score (nSPS) is 27.6. The summed E-state index contributed by atoms with van der Waals surface area (Å²) in [5.74, 6) is 1.92. The number of hydrogen-bond donors (Lipinski definition) is 1. The quantitative estimate of drug-likeness (QED) is 0.748. The lowest BCUT2D eigenvalue weighted by Crippen LogP contribution is -2.54. The van der Waals surface area contributed by atoms with Crippen molar-refractivity contribution in [3.8, 4) is 0 Å². The SMILES string of the molecule is CC(C)CN1C(N)=NCC1(C)C(C)C.